The molecule has 0 amide bonds. The van der Waals surface area contributed by atoms with Gasteiger partial charge in [-0.05, 0) is 31.5 Å². The van der Waals surface area contributed by atoms with E-state index < -0.39 is 0 Å². The highest BCUT2D eigenvalue weighted by Crippen LogP contribution is 2.18. The van der Waals surface area contributed by atoms with E-state index in [4.69, 9.17) is 11.6 Å². The maximum atomic E-state index is 6.12. The van der Waals surface area contributed by atoms with Crippen LogP contribution in [0.5, 0.6) is 0 Å². The van der Waals surface area contributed by atoms with E-state index in [1.54, 1.807) is 0 Å². The molecule has 0 bridgehead atoms. The first-order valence-corrected chi connectivity index (χ1v) is 6.29. The van der Waals surface area contributed by atoms with E-state index in [0.717, 1.165) is 30.7 Å². The maximum absolute atomic E-state index is 6.12. The highest BCUT2D eigenvalue weighted by Gasteiger charge is 2.19. The van der Waals surface area contributed by atoms with Crippen molar-refractivity contribution in [3.63, 3.8) is 0 Å². The summed E-state index contributed by atoms with van der Waals surface area (Å²) in [7, 11) is 2.14. The molecule has 1 aromatic carbocycles. The summed E-state index contributed by atoms with van der Waals surface area (Å²) in [5.74, 6) is 0. The Morgan fingerprint density at radius 3 is 2.81 bits per heavy atom. The lowest BCUT2D eigenvalue weighted by atomic mass is 10.2. The van der Waals surface area contributed by atoms with Gasteiger partial charge in [0.25, 0.3) is 0 Å². The number of hydrogen-bond donors (Lipinski definition) is 1. The predicted molar refractivity (Wildman–Crippen MR) is 68.8 cm³/mol. The van der Waals surface area contributed by atoms with Gasteiger partial charge in [-0.25, -0.2) is 0 Å². The fourth-order valence-corrected chi connectivity index (χ4v) is 1.94. The summed E-state index contributed by atoms with van der Waals surface area (Å²) in [5.41, 5.74) is 1.21. The van der Waals surface area contributed by atoms with Crippen molar-refractivity contribution < 1.29 is 0 Å². The van der Waals surface area contributed by atoms with Gasteiger partial charge in [0.2, 0.25) is 0 Å². The molecule has 1 aromatic rings. The van der Waals surface area contributed by atoms with Gasteiger partial charge in [0.1, 0.15) is 0 Å². The first kappa shape index (κ1) is 11.9. The average molecular weight is 239 g/mol. The van der Waals surface area contributed by atoms with Crippen LogP contribution in [-0.4, -0.2) is 31.1 Å². The highest BCUT2D eigenvalue weighted by molar-refractivity contribution is 6.31. The summed E-state index contributed by atoms with van der Waals surface area (Å²) >= 11 is 6.12. The third-order valence-electron chi connectivity index (χ3n) is 2.90. The maximum Gasteiger partial charge on any atom is 0.0451 e. The van der Waals surface area contributed by atoms with Gasteiger partial charge < -0.3 is 10.2 Å². The lowest BCUT2D eigenvalue weighted by Crippen LogP contribution is -2.30. The minimum Gasteiger partial charge on any atom is -0.313 e. The third kappa shape index (κ3) is 3.78. The topological polar surface area (TPSA) is 15.3 Å². The minimum absolute atomic E-state index is 0.800. The fraction of sp³-hybridized carbons (Fsp3) is 0.538. The molecular weight excluding hydrogens is 220 g/mol. The number of rotatable bonds is 6. The zero-order valence-electron chi connectivity index (χ0n) is 9.75. The smallest absolute Gasteiger partial charge is 0.0451 e. The largest absolute Gasteiger partial charge is 0.313 e. The Labute approximate surface area is 103 Å². The van der Waals surface area contributed by atoms with Gasteiger partial charge in [-0.2, -0.15) is 0 Å². The molecule has 1 saturated carbocycles. The molecule has 0 saturated heterocycles. The molecule has 0 atom stereocenters. The number of nitrogens with zero attached hydrogens (tertiary/aromatic N) is 1. The van der Waals surface area contributed by atoms with Gasteiger partial charge in [0.05, 0.1) is 0 Å². The van der Waals surface area contributed by atoms with E-state index >= 15 is 0 Å². The Morgan fingerprint density at radius 2 is 2.12 bits per heavy atom. The lowest BCUT2D eigenvalue weighted by Gasteiger charge is -2.17. The predicted octanol–water partition coefficient (Wildman–Crippen LogP) is 2.52. The lowest BCUT2D eigenvalue weighted by molar-refractivity contribution is 0.324. The first-order valence-electron chi connectivity index (χ1n) is 5.91. The molecule has 1 fully saturated rings. The summed E-state index contributed by atoms with van der Waals surface area (Å²) in [4.78, 5) is 2.30. The van der Waals surface area contributed by atoms with Crippen molar-refractivity contribution in [2.45, 2.75) is 25.4 Å². The number of likely N-dealkylation sites (N-methyl/N-ethyl adjacent to an activating group) is 1. The van der Waals surface area contributed by atoms with Crippen molar-refractivity contribution in [2.24, 2.45) is 0 Å². The van der Waals surface area contributed by atoms with Gasteiger partial charge in [-0.3, -0.25) is 0 Å². The molecule has 0 radical (unpaired) electrons. The molecule has 0 spiro atoms. The molecule has 2 rings (SSSR count). The normalized spacial score (nSPS) is 15.7. The fourth-order valence-electron chi connectivity index (χ4n) is 1.74. The standard InChI is InChI=1S/C13H19ClN2/c1-16(9-8-15-12-6-7-12)10-11-4-2-3-5-13(11)14/h2-5,12,15H,6-10H2,1H3. The second kappa shape index (κ2) is 5.67. The van der Waals surface area contributed by atoms with Gasteiger partial charge in [0, 0.05) is 30.7 Å². The third-order valence-corrected chi connectivity index (χ3v) is 3.27. The molecule has 0 heterocycles. The summed E-state index contributed by atoms with van der Waals surface area (Å²) in [6.45, 7) is 3.07. The molecule has 1 N–H and O–H groups in total. The van der Waals surface area contributed by atoms with Crippen LogP contribution in [0.2, 0.25) is 5.02 Å². The first-order chi connectivity index (χ1) is 7.75. The Morgan fingerprint density at radius 1 is 1.38 bits per heavy atom. The zero-order valence-corrected chi connectivity index (χ0v) is 10.5. The van der Waals surface area contributed by atoms with Crippen LogP contribution in [0, 0.1) is 0 Å². The molecule has 1 aliphatic carbocycles. The Balaban J connectivity index is 1.73. The molecule has 0 aliphatic heterocycles. The molecule has 1 aliphatic rings. The van der Waals surface area contributed by atoms with Crippen LogP contribution in [0.3, 0.4) is 0 Å². The van der Waals surface area contributed by atoms with Gasteiger partial charge in [-0.15, -0.1) is 0 Å². The van der Waals surface area contributed by atoms with Crippen LogP contribution in [0.25, 0.3) is 0 Å². The minimum atomic E-state index is 0.800. The van der Waals surface area contributed by atoms with Crippen LogP contribution < -0.4 is 5.32 Å². The van der Waals surface area contributed by atoms with E-state index in [2.05, 4.69) is 23.3 Å². The summed E-state index contributed by atoms with van der Waals surface area (Å²) < 4.78 is 0. The van der Waals surface area contributed by atoms with E-state index in [9.17, 15) is 0 Å². The SMILES string of the molecule is CN(CCNC1CC1)Cc1ccccc1Cl. The number of halogens is 1. The number of hydrogen-bond acceptors (Lipinski definition) is 2. The molecular formula is C13H19ClN2. The van der Waals surface area contributed by atoms with Crippen molar-refractivity contribution >= 4 is 11.6 Å². The Bertz CT molecular complexity index is 336. The van der Waals surface area contributed by atoms with Crippen LogP contribution in [0.1, 0.15) is 18.4 Å². The molecule has 16 heavy (non-hydrogen) atoms. The average Bonchev–Trinajstić information content (AvgIpc) is 3.05. The Hall–Kier alpha value is -0.570. The zero-order chi connectivity index (χ0) is 11.4. The Kier molecular flexibility index (Phi) is 4.22. The van der Waals surface area contributed by atoms with Crippen LogP contribution >= 0.6 is 11.6 Å². The van der Waals surface area contributed by atoms with Crippen molar-refractivity contribution in [3.8, 4) is 0 Å². The summed E-state index contributed by atoms with van der Waals surface area (Å²) in [5, 5.41) is 4.38. The van der Waals surface area contributed by atoms with Gasteiger partial charge >= 0.3 is 0 Å². The van der Waals surface area contributed by atoms with E-state index in [1.165, 1.54) is 18.4 Å². The van der Waals surface area contributed by atoms with E-state index in [-0.39, 0.29) is 0 Å². The van der Waals surface area contributed by atoms with Crippen LogP contribution in [0.15, 0.2) is 24.3 Å². The quantitative estimate of drug-likeness (QED) is 0.820. The van der Waals surface area contributed by atoms with E-state index in [1.807, 2.05) is 18.2 Å². The van der Waals surface area contributed by atoms with Gasteiger partial charge in [0.15, 0.2) is 0 Å². The van der Waals surface area contributed by atoms with Crippen LogP contribution in [-0.2, 0) is 6.54 Å². The van der Waals surface area contributed by atoms with Crippen LogP contribution in [0.4, 0.5) is 0 Å². The van der Waals surface area contributed by atoms with Crippen molar-refractivity contribution in [1.29, 1.82) is 0 Å². The summed E-state index contributed by atoms with van der Waals surface area (Å²) in [6.07, 6.45) is 2.71. The second-order valence-electron chi connectivity index (χ2n) is 4.56. The van der Waals surface area contributed by atoms with E-state index in [0.29, 0.717) is 0 Å². The molecule has 0 aromatic heterocycles. The monoisotopic (exact) mass is 238 g/mol. The molecule has 0 unspecified atom stereocenters. The van der Waals surface area contributed by atoms with Crippen molar-refractivity contribution in [2.75, 3.05) is 20.1 Å². The van der Waals surface area contributed by atoms with Gasteiger partial charge in [-0.1, -0.05) is 29.8 Å². The molecule has 2 nitrogen and oxygen atoms in total. The summed E-state index contributed by atoms with van der Waals surface area (Å²) in [6, 6.07) is 8.85. The second-order valence-corrected chi connectivity index (χ2v) is 4.96. The number of benzene rings is 1. The molecule has 3 heteroatoms. The highest BCUT2D eigenvalue weighted by atomic mass is 35.5. The number of nitrogens with one attached hydrogen (secondary N) is 1. The van der Waals surface area contributed by atoms with Crippen molar-refractivity contribution in [1.82, 2.24) is 10.2 Å². The van der Waals surface area contributed by atoms with Crippen molar-refractivity contribution in [3.05, 3.63) is 34.9 Å². The molecule has 88 valence electrons.